The van der Waals surface area contributed by atoms with Crippen LogP contribution in [0.15, 0.2) is 12.3 Å². The predicted octanol–water partition coefficient (Wildman–Crippen LogP) is 0.810. The summed E-state index contributed by atoms with van der Waals surface area (Å²) in [5, 5.41) is 22.8. The Hall–Kier alpha value is -2.22. The van der Waals surface area contributed by atoms with Gasteiger partial charge in [0.05, 0.1) is 24.2 Å². The van der Waals surface area contributed by atoms with Crippen LogP contribution >= 0.6 is 0 Å². The molecule has 1 aromatic heterocycles. The number of nitrogens with zero attached hydrogens (tertiary/aromatic N) is 2. The van der Waals surface area contributed by atoms with Gasteiger partial charge in [-0.25, -0.2) is 4.98 Å². The maximum atomic E-state index is 11.0. The number of rotatable bonds is 4. The normalized spacial score (nSPS) is 22.2. The molecule has 2 N–H and O–H groups in total. The first-order valence-electron chi connectivity index (χ1n) is 5.67. The zero-order valence-corrected chi connectivity index (χ0v) is 10.2. The highest BCUT2D eigenvalue weighted by Crippen LogP contribution is 2.28. The van der Waals surface area contributed by atoms with Crippen LogP contribution in [-0.2, 0) is 9.53 Å². The average molecular weight is 267 g/mol. The van der Waals surface area contributed by atoms with E-state index in [4.69, 9.17) is 9.84 Å². The Morgan fingerprint density at radius 3 is 3.00 bits per heavy atom. The quantitative estimate of drug-likeness (QED) is 0.612. The van der Waals surface area contributed by atoms with Gasteiger partial charge < -0.3 is 15.2 Å². The Morgan fingerprint density at radius 1 is 1.63 bits per heavy atom. The van der Waals surface area contributed by atoms with E-state index in [1.54, 1.807) is 6.92 Å². The molecule has 0 aromatic carbocycles. The molecule has 19 heavy (non-hydrogen) atoms. The highest BCUT2D eigenvalue weighted by Gasteiger charge is 2.35. The minimum Gasteiger partial charge on any atom is -0.481 e. The highest BCUT2D eigenvalue weighted by atomic mass is 16.6. The molecule has 102 valence electrons. The standard InChI is InChI=1S/C11H13N3O5/c1-6-2-3-12-10(9(6)14(17)18)13-8-5-19-4-7(8)11(15)16/h2-3,7-8H,4-5H2,1H3,(H,12,13)(H,15,16). The van der Waals surface area contributed by atoms with Gasteiger partial charge in [-0.05, 0) is 13.0 Å². The molecular weight excluding hydrogens is 254 g/mol. The van der Waals surface area contributed by atoms with Gasteiger partial charge in [0.2, 0.25) is 5.82 Å². The molecule has 0 radical (unpaired) electrons. The molecule has 8 heteroatoms. The van der Waals surface area contributed by atoms with E-state index in [1.807, 2.05) is 0 Å². The van der Waals surface area contributed by atoms with Crippen molar-refractivity contribution in [1.82, 2.24) is 4.98 Å². The molecule has 0 saturated carbocycles. The van der Waals surface area contributed by atoms with Crippen molar-refractivity contribution in [1.29, 1.82) is 0 Å². The molecule has 2 rings (SSSR count). The lowest BCUT2D eigenvalue weighted by Gasteiger charge is -2.16. The van der Waals surface area contributed by atoms with Crippen molar-refractivity contribution in [2.45, 2.75) is 13.0 Å². The number of aliphatic carboxylic acids is 1. The molecule has 0 bridgehead atoms. The van der Waals surface area contributed by atoms with Crippen LogP contribution in [0.5, 0.6) is 0 Å². The molecule has 0 amide bonds. The third-order valence-corrected chi connectivity index (χ3v) is 3.03. The first-order valence-corrected chi connectivity index (χ1v) is 5.67. The number of hydrogen-bond acceptors (Lipinski definition) is 6. The number of aryl methyl sites for hydroxylation is 1. The first kappa shape index (κ1) is 13.2. The summed E-state index contributed by atoms with van der Waals surface area (Å²) in [6.45, 7) is 1.88. The molecule has 8 nitrogen and oxygen atoms in total. The second-order valence-corrected chi connectivity index (χ2v) is 4.32. The SMILES string of the molecule is Cc1ccnc(NC2COCC2C(=O)O)c1[N+](=O)[O-]. The number of anilines is 1. The van der Waals surface area contributed by atoms with E-state index in [1.165, 1.54) is 12.3 Å². The second kappa shape index (κ2) is 5.19. The molecule has 1 fully saturated rings. The van der Waals surface area contributed by atoms with E-state index in [9.17, 15) is 14.9 Å². The van der Waals surface area contributed by atoms with Crippen molar-refractivity contribution in [3.8, 4) is 0 Å². The Kier molecular flexibility index (Phi) is 3.61. The first-order chi connectivity index (χ1) is 9.00. The van der Waals surface area contributed by atoms with E-state index >= 15 is 0 Å². The molecule has 1 aromatic rings. The number of carboxylic acid groups (broad SMARTS) is 1. The Morgan fingerprint density at radius 2 is 2.37 bits per heavy atom. The lowest BCUT2D eigenvalue weighted by molar-refractivity contribution is -0.384. The molecule has 1 aliphatic rings. The second-order valence-electron chi connectivity index (χ2n) is 4.32. The number of aromatic nitrogens is 1. The molecular formula is C11H13N3O5. The van der Waals surface area contributed by atoms with Crippen LogP contribution in [0.1, 0.15) is 5.56 Å². The van der Waals surface area contributed by atoms with Crippen molar-refractivity contribution in [3.63, 3.8) is 0 Å². The minimum absolute atomic E-state index is 0.0757. The van der Waals surface area contributed by atoms with Gasteiger partial charge in [0.15, 0.2) is 0 Å². The molecule has 1 aliphatic heterocycles. The van der Waals surface area contributed by atoms with Gasteiger partial charge in [0.25, 0.3) is 0 Å². The summed E-state index contributed by atoms with van der Waals surface area (Å²) in [7, 11) is 0. The predicted molar refractivity (Wildman–Crippen MR) is 65.0 cm³/mol. The van der Waals surface area contributed by atoms with E-state index in [0.29, 0.717) is 5.56 Å². The Balaban J connectivity index is 2.26. The number of carboxylic acids is 1. The van der Waals surface area contributed by atoms with Gasteiger partial charge in [-0.1, -0.05) is 0 Å². The number of pyridine rings is 1. The van der Waals surface area contributed by atoms with Gasteiger partial charge in [0.1, 0.15) is 5.92 Å². The number of carbonyl (C=O) groups is 1. The highest BCUT2D eigenvalue weighted by molar-refractivity contribution is 5.72. The van der Waals surface area contributed by atoms with E-state index in [0.717, 1.165) is 0 Å². The summed E-state index contributed by atoms with van der Waals surface area (Å²) in [5.41, 5.74) is 0.326. The molecule has 0 aliphatic carbocycles. The molecule has 2 unspecified atom stereocenters. The van der Waals surface area contributed by atoms with Gasteiger partial charge in [0, 0.05) is 11.8 Å². The molecule has 2 heterocycles. The van der Waals surface area contributed by atoms with E-state index in [2.05, 4.69) is 10.3 Å². The number of nitrogens with one attached hydrogen (secondary N) is 1. The van der Waals surface area contributed by atoms with Gasteiger partial charge in [-0.15, -0.1) is 0 Å². The summed E-state index contributed by atoms with van der Waals surface area (Å²) in [6, 6.07) is 1.01. The summed E-state index contributed by atoms with van der Waals surface area (Å²) >= 11 is 0. The van der Waals surface area contributed by atoms with Crippen molar-refractivity contribution >= 4 is 17.5 Å². The lowest BCUT2D eigenvalue weighted by atomic mass is 10.0. The molecule has 0 spiro atoms. The summed E-state index contributed by atoms with van der Waals surface area (Å²) in [6.07, 6.45) is 1.44. The fourth-order valence-electron chi connectivity index (χ4n) is 2.00. The molecule has 2 atom stereocenters. The van der Waals surface area contributed by atoms with Crippen molar-refractivity contribution in [3.05, 3.63) is 27.9 Å². The number of hydrogen-bond donors (Lipinski definition) is 2. The maximum absolute atomic E-state index is 11.0. The van der Waals surface area contributed by atoms with Crippen LogP contribution < -0.4 is 5.32 Å². The van der Waals surface area contributed by atoms with Crippen LogP contribution in [0.4, 0.5) is 11.5 Å². The Labute approximate surface area is 108 Å². The van der Waals surface area contributed by atoms with Crippen molar-refractivity contribution < 1.29 is 19.6 Å². The van der Waals surface area contributed by atoms with Crippen LogP contribution in [0, 0.1) is 23.0 Å². The summed E-state index contributed by atoms with van der Waals surface area (Å²) in [4.78, 5) is 25.4. The Bertz CT molecular complexity index is 519. The average Bonchev–Trinajstić information content (AvgIpc) is 2.76. The zero-order chi connectivity index (χ0) is 14.0. The third-order valence-electron chi connectivity index (χ3n) is 3.03. The van der Waals surface area contributed by atoms with Crippen LogP contribution in [0.2, 0.25) is 0 Å². The lowest BCUT2D eigenvalue weighted by Crippen LogP contribution is -2.33. The largest absolute Gasteiger partial charge is 0.481 e. The monoisotopic (exact) mass is 267 g/mol. The van der Waals surface area contributed by atoms with Gasteiger partial charge in [-0.2, -0.15) is 0 Å². The van der Waals surface area contributed by atoms with Crippen molar-refractivity contribution in [2.24, 2.45) is 5.92 Å². The van der Waals surface area contributed by atoms with Crippen LogP contribution in [0.25, 0.3) is 0 Å². The zero-order valence-electron chi connectivity index (χ0n) is 10.2. The summed E-state index contributed by atoms with van der Waals surface area (Å²) < 4.78 is 5.09. The number of ether oxygens (including phenoxy) is 1. The fourth-order valence-corrected chi connectivity index (χ4v) is 2.00. The third kappa shape index (κ3) is 2.63. The maximum Gasteiger partial charge on any atom is 0.314 e. The molecule has 1 saturated heterocycles. The number of nitro groups is 1. The minimum atomic E-state index is -0.995. The van der Waals surface area contributed by atoms with E-state index in [-0.39, 0.29) is 24.7 Å². The van der Waals surface area contributed by atoms with Gasteiger partial charge >= 0.3 is 11.7 Å². The van der Waals surface area contributed by atoms with Crippen LogP contribution in [-0.4, -0.2) is 40.2 Å². The van der Waals surface area contributed by atoms with Crippen molar-refractivity contribution in [2.75, 3.05) is 18.5 Å². The van der Waals surface area contributed by atoms with E-state index < -0.39 is 22.9 Å². The summed E-state index contributed by atoms with van der Waals surface area (Å²) in [5.74, 6) is -1.65. The van der Waals surface area contributed by atoms with Gasteiger partial charge in [-0.3, -0.25) is 14.9 Å². The topological polar surface area (TPSA) is 115 Å². The smallest absolute Gasteiger partial charge is 0.314 e. The fraction of sp³-hybridized carbons (Fsp3) is 0.455. The van der Waals surface area contributed by atoms with Crippen LogP contribution in [0.3, 0.4) is 0 Å².